The van der Waals surface area contributed by atoms with Crippen molar-refractivity contribution in [2.45, 2.75) is 82.8 Å². The molecule has 3 aliphatic rings. The van der Waals surface area contributed by atoms with E-state index in [9.17, 15) is 9.90 Å². The molecule has 2 N–H and O–H groups in total. The van der Waals surface area contributed by atoms with Gasteiger partial charge >= 0.3 is 0 Å². The zero-order chi connectivity index (χ0) is 14.0. The molecule has 0 aromatic carbocycles. The molecule has 2 saturated carbocycles. The maximum atomic E-state index is 12.2. The molecule has 1 atom stereocenters. The number of nitrogens with zero attached hydrogens (tertiary/aromatic N) is 1. The standard InChI is InChI=1S/C16H26N2O2/c19-13-14(17-12-8-4-2-1-3-5-9-12)18-15(20)16(13)10-6-7-11-16/h12-13,19H,1-11H2,(H,17,18,20). The third kappa shape index (κ3) is 2.50. The molecule has 1 spiro atoms. The summed E-state index contributed by atoms with van der Waals surface area (Å²) in [7, 11) is 0. The summed E-state index contributed by atoms with van der Waals surface area (Å²) >= 11 is 0. The number of nitrogens with one attached hydrogen (secondary N) is 1. The van der Waals surface area contributed by atoms with Crippen LogP contribution in [0.2, 0.25) is 0 Å². The summed E-state index contributed by atoms with van der Waals surface area (Å²) in [6, 6.07) is 0.289. The molecule has 1 unspecified atom stereocenters. The quantitative estimate of drug-likeness (QED) is 0.774. The van der Waals surface area contributed by atoms with Crippen molar-refractivity contribution in [3.63, 3.8) is 0 Å². The fourth-order valence-corrected chi connectivity index (χ4v) is 4.06. The Morgan fingerprint density at radius 1 is 1.00 bits per heavy atom. The molecule has 112 valence electrons. The van der Waals surface area contributed by atoms with E-state index in [0.717, 1.165) is 38.5 Å². The zero-order valence-corrected chi connectivity index (χ0v) is 12.2. The zero-order valence-electron chi connectivity index (χ0n) is 12.2. The van der Waals surface area contributed by atoms with Crippen molar-refractivity contribution >= 4 is 11.7 Å². The third-order valence-electron chi connectivity index (χ3n) is 5.37. The van der Waals surface area contributed by atoms with Gasteiger partial charge in [0.05, 0.1) is 11.5 Å². The number of aliphatic hydroxyl groups excluding tert-OH is 1. The fraction of sp³-hybridized carbons (Fsp3) is 0.875. The van der Waals surface area contributed by atoms with Gasteiger partial charge in [-0.1, -0.05) is 44.9 Å². The minimum absolute atomic E-state index is 0.00657. The van der Waals surface area contributed by atoms with Gasteiger partial charge in [0, 0.05) is 0 Å². The lowest BCUT2D eigenvalue weighted by Gasteiger charge is -2.23. The second kappa shape index (κ2) is 5.84. The van der Waals surface area contributed by atoms with Gasteiger partial charge in [0.25, 0.3) is 0 Å². The topological polar surface area (TPSA) is 61.7 Å². The van der Waals surface area contributed by atoms with Crippen molar-refractivity contribution in [1.29, 1.82) is 0 Å². The van der Waals surface area contributed by atoms with Crippen LogP contribution >= 0.6 is 0 Å². The second-order valence-corrected chi connectivity index (χ2v) is 6.73. The lowest BCUT2D eigenvalue weighted by molar-refractivity contribution is -0.130. The molecular formula is C16H26N2O2. The van der Waals surface area contributed by atoms with E-state index >= 15 is 0 Å². The van der Waals surface area contributed by atoms with Crippen molar-refractivity contribution < 1.29 is 9.90 Å². The Bertz CT molecular complexity index is 391. The summed E-state index contributed by atoms with van der Waals surface area (Å²) in [5.41, 5.74) is -0.555. The Hall–Kier alpha value is -0.900. The van der Waals surface area contributed by atoms with Crippen molar-refractivity contribution in [2.75, 3.05) is 0 Å². The van der Waals surface area contributed by atoms with Crippen LogP contribution in [0.5, 0.6) is 0 Å². The highest BCUT2D eigenvalue weighted by atomic mass is 16.3. The molecule has 1 aliphatic heterocycles. The molecule has 1 heterocycles. The van der Waals surface area contributed by atoms with Crippen molar-refractivity contribution in [3.05, 3.63) is 0 Å². The molecule has 4 nitrogen and oxygen atoms in total. The van der Waals surface area contributed by atoms with Crippen molar-refractivity contribution in [1.82, 2.24) is 5.32 Å². The molecule has 0 aromatic rings. The second-order valence-electron chi connectivity index (χ2n) is 6.73. The average molecular weight is 278 g/mol. The van der Waals surface area contributed by atoms with Crippen LogP contribution in [-0.2, 0) is 4.79 Å². The number of amidine groups is 1. The molecule has 4 heteroatoms. The average Bonchev–Trinajstić information content (AvgIpc) is 2.97. The highest BCUT2D eigenvalue weighted by molar-refractivity contribution is 6.11. The van der Waals surface area contributed by atoms with Gasteiger partial charge in [-0.3, -0.25) is 9.79 Å². The monoisotopic (exact) mass is 278 g/mol. The number of amides is 1. The lowest BCUT2D eigenvalue weighted by Crippen LogP contribution is -2.35. The number of aliphatic imine (C=N–C) groups is 1. The van der Waals surface area contributed by atoms with Gasteiger partial charge < -0.3 is 10.4 Å². The summed E-state index contributed by atoms with van der Waals surface area (Å²) in [6.45, 7) is 0. The summed E-state index contributed by atoms with van der Waals surface area (Å²) in [5.74, 6) is 0.564. The predicted molar refractivity (Wildman–Crippen MR) is 78.6 cm³/mol. The van der Waals surface area contributed by atoms with Gasteiger partial charge in [-0.05, 0) is 25.7 Å². The van der Waals surface area contributed by atoms with Crippen LogP contribution in [0.25, 0.3) is 0 Å². The Morgan fingerprint density at radius 3 is 2.25 bits per heavy atom. The van der Waals surface area contributed by atoms with Gasteiger partial charge in [-0.15, -0.1) is 0 Å². The number of hydrogen-bond acceptors (Lipinski definition) is 3. The smallest absolute Gasteiger partial charge is 0.234 e. The minimum atomic E-state index is -0.692. The van der Waals surface area contributed by atoms with E-state index in [1.165, 1.54) is 32.1 Å². The van der Waals surface area contributed by atoms with Crippen LogP contribution in [-0.4, -0.2) is 29.0 Å². The SMILES string of the molecule is O=C1NC(=NC2CCCCCCC2)C(O)C12CCCC2. The number of carbonyl (C=O) groups is 1. The van der Waals surface area contributed by atoms with Crippen molar-refractivity contribution in [3.8, 4) is 0 Å². The number of aliphatic hydroxyl groups is 1. The van der Waals surface area contributed by atoms with Gasteiger partial charge in [0.2, 0.25) is 5.91 Å². The summed E-state index contributed by atoms with van der Waals surface area (Å²) in [6.07, 6.45) is 11.6. The Balaban J connectivity index is 1.73. The van der Waals surface area contributed by atoms with E-state index in [1.807, 2.05) is 0 Å². The lowest BCUT2D eigenvalue weighted by atomic mass is 9.82. The number of carbonyl (C=O) groups excluding carboxylic acids is 1. The highest BCUT2D eigenvalue weighted by Gasteiger charge is 2.54. The van der Waals surface area contributed by atoms with E-state index in [2.05, 4.69) is 5.32 Å². The van der Waals surface area contributed by atoms with Crippen molar-refractivity contribution in [2.24, 2.45) is 10.4 Å². The Morgan fingerprint density at radius 2 is 1.60 bits per heavy atom. The van der Waals surface area contributed by atoms with E-state index in [0.29, 0.717) is 5.84 Å². The first-order valence-corrected chi connectivity index (χ1v) is 8.30. The molecular weight excluding hydrogens is 252 g/mol. The van der Waals surface area contributed by atoms with Crippen LogP contribution in [0.1, 0.15) is 70.6 Å². The molecule has 0 aromatic heterocycles. The Labute approximate surface area is 121 Å². The molecule has 1 amide bonds. The number of hydrogen-bond donors (Lipinski definition) is 2. The molecule has 20 heavy (non-hydrogen) atoms. The molecule has 3 rings (SSSR count). The fourth-order valence-electron chi connectivity index (χ4n) is 4.06. The first-order chi connectivity index (χ1) is 9.72. The molecule has 0 radical (unpaired) electrons. The molecule has 1 saturated heterocycles. The first-order valence-electron chi connectivity index (χ1n) is 8.30. The summed E-state index contributed by atoms with van der Waals surface area (Å²) < 4.78 is 0. The highest BCUT2D eigenvalue weighted by Crippen LogP contribution is 2.44. The Kier molecular flexibility index (Phi) is 4.11. The van der Waals surface area contributed by atoms with Gasteiger partial charge in [-0.25, -0.2) is 0 Å². The van der Waals surface area contributed by atoms with E-state index in [-0.39, 0.29) is 11.9 Å². The van der Waals surface area contributed by atoms with Crippen LogP contribution in [0, 0.1) is 5.41 Å². The normalized spacial score (nSPS) is 33.4. The first kappa shape index (κ1) is 14.1. The van der Waals surface area contributed by atoms with Crippen LogP contribution in [0.4, 0.5) is 0 Å². The molecule has 0 bridgehead atoms. The summed E-state index contributed by atoms with van der Waals surface area (Å²) in [5, 5.41) is 13.4. The largest absolute Gasteiger partial charge is 0.384 e. The maximum Gasteiger partial charge on any atom is 0.234 e. The maximum absolute atomic E-state index is 12.2. The third-order valence-corrected chi connectivity index (χ3v) is 5.37. The summed E-state index contributed by atoms with van der Waals surface area (Å²) in [4.78, 5) is 17.0. The van der Waals surface area contributed by atoms with Gasteiger partial charge in [0.1, 0.15) is 11.9 Å². The van der Waals surface area contributed by atoms with Gasteiger partial charge in [0.15, 0.2) is 0 Å². The molecule has 3 fully saturated rings. The van der Waals surface area contributed by atoms with E-state index in [1.54, 1.807) is 0 Å². The van der Waals surface area contributed by atoms with E-state index < -0.39 is 11.5 Å². The van der Waals surface area contributed by atoms with E-state index in [4.69, 9.17) is 4.99 Å². The molecule has 2 aliphatic carbocycles. The number of rotatable bonds is 1. The van der Waals surface area contributed by atoms with Crippen LogP contribution in [0.15, 0.2) is 4.99 Å². The van der Waals surface area contributed by atoms with Crippen LogP contribution in [0.3, 0.4) is 0 Å². The van der Waals surface area contributed by atoms with Crippen LogP contribution < -0.4 is 5.32 Å². The predicted octanol–water partition coefficient (Wildman–Crippen LogP) is 2.55. The minimum Gasteiger partial charge on any atom is -0.384 e. The van der Waals surface area contributed by atoms with Gasteiger partial charge in [-0.2, -0.15) is 0 Å².